The Balaban J connectivity index is 2.40. The highest BCUT2D eigenvalue weighted by atomic mass is 16.9. The van der Waals surface area contributed by atoms with Gasteiger partial charge in [-0.2, -0.15) is 0 Å². The number of allylic oxidation sites excluding steroid dienone is 8. The molecule has 302 valence electrons. The summed E-state index contributed by atoms with van der Waals surface area (Å²) in [5.74, 6) is -1.09. The number of carbonyl (C=O) groups is 1. The van der Waals surface area contributed by atoms with Crippen molar-refractivity contribution in [1.29, 1.82) is 0 Å². The Hall–Kier alpha value is -1.89. The Morgan fingerprint density at radius 3 is 1.40 bits per heavy atom. The van der Waals surface area contributed by atoms with Crippen LogP contribution >= 0.6 is 0 Å². The monoisotopic (exact) mass is 730 g/mol. The minimum absolute atomic E-state index is 0.0392. The van der Waals surface area contributed by atoms with E-state index >= 15 is 0 Å². The van der Waals surface area contributed by atoms with Crippen molar-refractivity contribution >= 4 is 6.09 Å². The van der Waals surface area contributed by atoms with Crippen LogP contribution in [0, 0.1) is 0 Å². The zero-order valence-corrected chi connectivity index (χ0v) is 35.1. The lowest BCUT2D eigenvalue weighted by Crippen LogP contribution is -2.38. The van der Waals surface area contributed by atoms with Crippen molar-refractivity contribution < 1.29 is 23.7 Å². The lowest BCUT2D eigenvalue weighted by molar-refractivity contribution is -0.330. The summed E-state index contributed by atoms with van der Waals surface area (Å²) in [4.78, 5) is 13.9. The van der Waals surface area contributed by atoms with Gasteiger partial charge in [0.15, 0.2) is 0 Å². The molecule has 6 nitrogen and oxygen atoms in total. The maximum atomic E-state index is 12.4. The Morgan fingerprint density at radius 1 is 0.615 bits per heavy atom. The number of unbranched alkanes of at least 4 members (excludes halogenated alkanes) is 16. The molecule has 0 aromatic rings. The van der Waals surface area contributed by atoms with Crippen LogP contribution in [-0.4, -0.2) is 55.0 Å². The van der Waals surface area contributed by atoms with E-state index < -0.39 is 11.6 Å². The summed E-state index contributed by atoms with van der Waals surface area (Å²) in [6.45, 7) is 12.7. The van der Waals surface area contributed by atoms with Crippen LogP contribution < -0.4 is 0 Å². The molecule has 0 aromatic carbocycles. The molecular weight excluding hydrogens is 647 g/mol. The van der Waals surface area contributed by atoms with E-state index in [2.05, 4.69) is 62.5 Å². The topological polar surface area (TPSA) is 57.2 Å². The van der Waals surface area contributed by atoms with Crippen LogP contribution in [0.2, 0.25) is 0 Å². The Labute approximate surface area is 322 Å². The van der Waals surface area contributed by atoms with E-state index in [0.29, 0.717) is 13.2 Å². The highest BCUT2D eigenvalue weighted by molar-refractivity contribution is 5.67. The van der Waals surface area contributed by atoms with E-state index in [-0.39, 0.29) is 18.3 Å². The molecule has 1 aliphatic heterocycles. The smallest absolute Gasteiger partial charge is 0.410 e. The van der Waals surface area contributed by atoms with E-state index in [0.717, 1.165) is 38.5 Å². The van der Waals surface area contributed by atoms with Crippen LogP contribution in [0.4, 0.5) is 4.79 Å². The van der Waals surface area contributed by atoms with Gasteiger partial charge in [0.25, 0.3) is 5.97 Å². The van der Waals surface area contributed by atoms with Gasteiger partial charge in [-0.1, -0.05) is 140 Å². The molecule has 0 N–H and O–H groups in total. The minimum atomic E-state index is -1.09. The average Bonchev–Trinajstić information content (AvgIpc) is 3.42. The van der Waals surface area contributed by atoms with Crippen molar-refractivity contribution in [2.45, 2.75) is 219 Å². The highest BCUT2D eigenvalue weighted by Gasteiger charge is 2.44. The first-order valence-electron chi connectivity index (χ1n) is 21.6. The van der Waals surface area contributed by atoms with Crippen molar-refractivity contribution in [3.05, 3.63) is 48.6 Å². The third-order valence-electron chi connectivity index (χ3n) is 9.52. The number of hydrogen-bond donors (Lipinski definition) is 0. The van der Waals surface area contributed by atoms with Crippen molar-refractivity contribution in [3.8, 4) is 0 Å². The zero-order chi connectivity index (χ0) is 38.2. The van der Waals surface area contributed by atoms with Gasteiger partial charge in [0.2, 0.25) is 0 Å². The summed E-state index contributed by atoms with van der Waals surface area (Å²) >= 11 is 0. The van der Waals surface area contributed by atoms with Crippen LogP contribution in [0.5, 0.6) is 0 Å². The lowest BCUT2D eigenvalue weighted by atomic mass is 9.99. The number of nitrogens with zero attached hydrogens (tertiary/aromatic N) is 1. The first kappa shape index (κ1) is 48.1. The molecule has 52 heavy (non-hydrogen) atoms. The average molecular weight is 730 g/mol. The van der Waals surface area contributed by atoms with Gasteiger partial charge < -0.3 is 23.8 Å². The van der Waals surface area contributed by atoms with Crippen LogP contribution in [-0.2, 0) is 18.9 Å². The fraction of sp³-hybridized carbons (Fsp3) is 0.804. The van der Waals surface area contributed by atoms with Crippen molar-refractivity contribution in [2.75, 3.05) is 20.2 Å². The summed E-state index contributed by atoms with van der Waals surface area (Å²) in [6, 6.07) is 0. The maximum Gasteiger partial charge on any atom is 0.410 e. The zero-order valence-electron chi connectivity index (χ0n) is 35.1. The molecule has 2 unspecified atom stereocenters. The molecule has 1 fully saturated rings. The highest BCUT2D eigenvalue weighted by Crippen LogP contribution is 2.35. The van der Waals surface area contributed by atoms with Gasteiger partial charge in [-0.05, 0) is 97.8 Å². The van der Waals surface area contributed by atoms with Gasteiger partial charge in [-0.15, -0.1) is 0 Å². The lowest BCUT2D eigenvalue weighted by Gasteiger charge is -2.27. The normalized spacial score (nSPS) is 19.7. The summed E-state index contributed by atoms with van der Waals surface area (Å²) in [6.07, 6.45) is 47.5. The number of hydrogen-bond acceptors (Lipinski definition) is 5. The van der Waals surface area contributed by atoms with Crippen LogP contribution in [0.25, 0.3) is 0 Å². The van der Waals surface area contributed by atoms with Gasteiger partial charge in [-0.25, -0.2) is 4.79 Å². The second-order valence-electron chi connectivity index (χ2n) is 16.0. The molecule has 1 saturated heterocycles. The van der Waals surface area contributed by atoms with Crippen molar-refractivity contribution in [3.63, 3.8) is 0 Å². The van der Waals surface area contributed by atoms with E-state index in [4.69, 9.17) is 18.9 Å². The molecule has 1 rings (SSSR count). The second-order valence-corrected chi connectivity index (χ2v) is 16.0. The summed E-state index contributed by atoms with van der Waals surface area (Å²) < 4.78 is 24.6. The van der Waals surface area contributed by atoms with E-state index in [1.807, 2.05) is 27.7 Å². The van der Waals surface area contributed by atoms with Gasteiger partial charge in [0.05, 0.1) is 18.8 Å². The molecule has 0 saturated carbocycles. The molecule has 1 aliphatic rings. The molecule has 0 spiro atoms. The van der Waals surface area contributed by atoms with Crippen LogP contribution in [0.15, 0.2) is 48.6 Å². The number of amides is 1. The molecule has 0 bridgehead atoms. The summed E-state index contributed by atoms with van der Waals surface area (Å²) in [7, 11) is 1.73. The molecule has 6 heteroatoms. The van der Waals surface area contributed by atoms with Crippen LogP contribution in [0.3, 0.4) is 0 Å². The first-order valence-corrected chi connectivity index (χ1v) is 21.6. The Bertz CT molecular complexity index is 910. The van der Waals surface area contributed by atoms with Gasteiger partial charge in [0.1, 0.15) is 5.60 Å². The summed E-state index contributed by atoms with van der Waals surface area (Å²) in [5, 5.41) is 0. The van der Waals surface area contributed by atoms with E-state index in [1.54, 1.807) is 11.9 Å². The first-order chi connectivity index (χ1) is 25.1. The third-order valence-corrected chi connectivity index (χ3v) is 9.52. The fourth-order valence-corrected chi connectivity index (χ4v) is 6.40. The Kier molecular flexibility index (Phi) is 29.1. The van der Waals surface area contributed by atoms with E-state index in [9.17, 15) is 4.79 Å². The van der Waals surface area contributed by atoms with Crippen molar-refractivity contribution in [2.24, 2.45) is 0 Å². The quantitative estimate of drug-likeness (QED) is 0.0510. The molecule has 2 atom stereocenters. The SMILES string of the molecule is CCCCC/C=C\C/C=C\CCCCCCCC1OC(C)(OCCN(C)C(=O)OC(C)(C)C)OC1CCCCCCC/C=C\C/C=C\CCCCC. The molecule has 1 heterocycles. The number of rotatable bonds is 32. The molecule has 1 amide bonds. The Morgan fingerprint density at radius 2 is 1.00 bits per heavy atom. The minimum Gasteiger partial charge on any atom is -0.444 e. The summed E-state index contributed by atoms with van der Waals surface area (Å²) in [5.41, 5.74) is -0.528. The fourth-order valence-electron chi connectivity index (χ4n) is 6.40. The maximum absolute atomic E-state index is 12.4. The standard InChI is InChI=1S/C46H83NO5/c1-8-10-12-14-16-18-20-22-24-26-28-30-32-34-36-38-42-43(39-37-35-33-31-29-27-25-23-21-19-17-15-13-11-9-2)51-46(6,50-42)49-41-40-47(7)44(48)52-45(3,4)5/h16-19,22-25,42-43H,8-15,20-21,26-41H2,1-7H3/b18-16-,19-17-,24-22-,25-23-. The number of carbonyl (C=O) groups excluding carboxylic acids is 1. The second kappa shape index (κ2) is 31.5. The predicted octanol–water partition coefficient (Wildman–Crippen LogP) is 14.0. The number of ether oxygens (including phenoxy) is 4. The van der Waals surface area contributed by atoms with Crippen LogP contribution in [0.1, 0.15) is 196 Å². The molecule has 0 aliphatic carbocycles. The molecular formula is C46H83NO5. The molecule has 0 aromatic heterocycles. The largest absolute Gasteiger partial charge is 0.444 e. The predicted molar refractivity (Wildman–Crippen MR) is 222 cm³/mol. The molecule has 0 radical (unpaired) electrons. The third kappa shape index (κ3) is 27.7. The number of likely N-dealkylation sites (N-methyl/N-ethyl adjacent to an activating group) is 1. The van der Waals surface area contributed by atoms with Gasteiger partial charge in [-0.3, -0.25) is 0 Å². The van der Waals surface area contributed by atoms with Gasteiger partial charge in [0, 0.05) is 20.5 Å². The van der Waals surface area contributed by atoms with Crippen molar-refractivity contribution in [1.82, 2.24) is 4.90 Å². The van der Waals surface area contributed by atoms with E-state index in [1.165, 1.54) is 116 Å². The van der Waals surface area contributed by atoms with Gasteiger partial charge >= 0.3 is 6.09 Å².